The van der Waals surface area contributed by atoms with E-state index in [0.29, 0.717) is 22.8 Å². The predicted octanol–water partition coefficient (Wildman–Crippen LogP) is -0.233. The van der Waals surface area contributed by atoms with Gasteiger partial charge < -0.3 is 4.98 Å². The van der Waals surface area contributed by atoms with Crippen LogP contribution in [0.3, 0.4) is 0 Å². The Kier molecular flexibility index (Phi) is 2.40. The summed E-state index contributed by atoms with van der Waals surface area (Å²) in [4.78, 5) is 37.1. The standard InChI is InChI=1S/C11H6N2O3/c14-5-1-2-7-3-4-9-8(6-7)10(15)13-11(16)12-9/h3-6H,(H2,12,13,15,16). The number of rotatable bonds is 0. The first-order chi connectivity index (χ1) is 7.70. The normalized spacial score (nSPS) is 9.50. The molecule has 2 aromatic rings. The Balaban J connectivity index is 2.76. The van der Waals surface area contributed by atoms with Crippen molar-refractivity contribution >= 4 is 17.2 Å². The SMILES string of the molecule is O=CC#Cc1ccc2[nH]c(=O)[nH]c(=O)c2c1. The first-order valence-electron chi connectivity index (χ1n) is 4.42. The Bertz CT molecular complexity index is 728. The number of aromatic nitrogens is 2. The first kappa shape index (κ1) is 9.93. The van der Waals surface area contributed by atoms with Gasteiger partial charge in [-0.2, -0.15) is 0 Å². The zero-order valence-corrected chi connectivity index (χ0v) is 8.03. The van der Waals surface area contributed by atoms with Gasteiger partial charge in [0.15, 0.2) is 6.29 Å². The van der Waals surface area contributed by atoms with Crippen molar-refractivity contribution in [1.29, 1.82) is 0 Å². The molecule has 1 aromatic heterocycles. The van der Waals surface area contributed by atoms with Gasteiger partial charge in [0.1, 0.15) is 0 Å². The first-order valence-corrected chi connectivity index (χ1v) is 4.42. The lowest BCUT2D eigenvalue weighted by Crippen LogP contribution is -2.21. The lowest BCUT2D eigenvalue weighted by molar-refractivity contribution is -0.103. The van der Waals surface area contributed by atoms with Crippen molar-refractivity contribution in [2.45, 2.75) is 0 Å². The Morgan fingerprint density at radius 2 is 2.00 bits per heavy atom. The largest absolute Gasteiger partial charge is 0.326 e. The minimum atomic E-state index is -0.552. The van der Waals surface area contributed by atoms with Gasteiger partial charge in [0.25, 0.3) is 5.56 Å². The molecule has 1 heterocycles. The highest BCUT2D eigenvalue weighted by molar-refractivity contribution is 5.80. The molecule has 5 heteroatoms. The van der Waals surface area contributed by atoms with E-state index in [0.717, 1.165) is 0 Å². The van der Waals surface area contributed by atoms with Gasteiger partial charge in [-0.15, -0.1) is 0 Å². The number of hydrogen-bond acceptors (Lipinski definition) is 3. The van der Waals surface area contributed by atoms with Gasteiger partial charge in [-0.05, 0) is 24.1 Å². The van der Waals surface area contributed by atoms with Crippen molar-refractivity contribution in [1.82, 2.24) is 9.97 Å². The van der Waals surface area contributed by atoms with Crippen LogP contribution in [-0.2, 0) is 4.79 Å². The van der Waals surface area contributed by atoms with Crippen LogP contribution >= 0.6 is 0 Å². The van der Waals surface area contributed by atoms with Crippen molar-refractivity contribution in [3.05, 3.63) is 44.6 Å². The Labute approximate surface area is 89.1 Å². The number of aromatic amines is 2. The van der Waals surface area contributed by atoms with Crippen molar-refractivity contribution in [2.24, 2.45) is 0 Å². The summed E-state index contributed by atoms with van der Waals surface area (Å²) in [6, 6.07) is 4.70. The van der Waals surface area contributed by atoms with Gasteiger partial charge in [0, 0.05) is 5.56 Å². The third-order valence-corrected chi connectivity index (χ3v) is 2.01. The number of H-pyrrole nitrogens is 2. The lowest BCUT2D eigenvalue weighted by Gasteiger charge is -1.96. The van der Waals surface area contributed by atoms with E-state index in [9.17, 15) is 14.4 Å². The second-order valence-corrected chi connectivity index (χ2v) is 3.06. The van der Waals surface area contributed by atoms with E-state index in [1.807, 2.05) is 0 Å². The van der Waals surface area contributed by atoms with Crippen molar-refractivity contribution < 1.29 is 4.79 Å². The van der Waals surface area contributed by atoms with Gasteiger partial charge in [-0.25, -0.2) is 4.79 Å². The molecule has 0 saturated heterocycles. The lowest BCUT2D eigenvalue weighted by atomic mass is 10.1. The highest BCUT2D eigenvalue weighted by Gasteiger charge is 2.00. The average molecular weight is 214 g/mol. The van der Waals surface area contributed by atoms with Gasteiger partial charge in [-0.1, -0.05) is 5.92 Å². The van der Waals surface area contributed by atoms with Crippen molar-refractivity contribution in [2.75, 3.05) is 0 Å². The summed E-state index contributed by atoms with van der Waals surface area (Å²) in [6.07, 6.45) is 0.474. The number of fused-ring (bicyclic) bond motifs is 1. The van der Waals surface area contributed by atoms with Crippen LogP contribution in [-0.4, -0.2) is 16.3 Å². The van der Waals surface area contributed by atoms with Crippen molar-refractivity contribution in [3.63, 3.8) is 0 Å². The number of carbonyl (C=O) groups excluding carboxylic acids is 1. The Morgan fingerprint density at radius 3 is 2.75 bits per heavy atom. The number of nitrogens with one attached hydrogen (secondary N) is 2. The molecule has 0 saturated carbocycles. The molecule has 0 aliphatic carbocycles. The second-order valence-electron chi connectivity index (χ2n) is 3.06. The summed E-state index contributed by atoms with van der Waals surface area (Å²) >= 11 is 0. The van der Waals surface area contributed by atoms with Gasteiger partial charge >= 0.3 is 5.69 Å². The number of benzene rings is 1. The molecular formula is C11H6N2O3. The molecular weight excluding hydrogens is 208 g/mol. The van der Waals surface area contributed by atoms with Crippen LogP contribution in [0.1, 0.15) is 5.56 Å². The minimum Gasteiger partial charge on any atom is -0.307 e. The fraction of sp³-hybridized carbons (Fsp3) is 0. The molecule has 0 fully saturated rings. The molecule has 0 radical (unpaired) electrons. The highest BCUT2D eigenvalue weighted by atomic mass is 16.2. The van der Waals surface area contributed by atoms with Gasteiger partial charge in [0.05, 0.1) is 10.9 Å². The summed E-state index contributed by atoms with van der Waals surface area (Å²) in [5, 5.41) is 0.331. The molecule has 16 heavy (non-hydrogen) atoms. The van der Waals surface area contributed by atoms with E-state index in [-0.39, 0.29) is 0 Å². The van der Waals surface area contributed by atoms with Crippen LogP contribution < -0.4 is 11.2 Å². The summed E-state index contributed by atoms with van der Waals surface area (Å²) in [6.45, 7) is 0. The van der Waals surface area contributed by atoms with Crippen LogP contribution in [0, 0.1) is 11.8 Å². The molecule has 0 unspecified atom stereocenters. The van der Waals surface area contributed by atoms with Crippen LogP contribution in [0.25, 0.3) is 10.9 Å². The highest BCUT2D eigenvalue weighted by Crippen LogP contribution is 2.07. The maximum Gasteiger partial charge on any atom is 0.326 e. The van der Waals surface area contributed by atoms with E-state index in [1.54, 1.807) is 12.1 Å². The van der Waals surface area contributed by atoms with Crippen LogP contribution in [0.5, 0.6) is 0 Å². The summed E-state index contributed by atoms with van der Waals surface area (Å²) < 4.78 is 0. The molecule has 0 atom stereocenters. The van der Waals surface area contributed by atoms with E-state index < -0.39 is 11.2 Å². The van der Waals surface area contributed by atoms with E-state index in [4.69, 9.17) is 0 Å². The van der Waals surface area contributed by atoms with Crippen molar-refractivity contribution in [3.8, 4) is 11.8 Å². The summed E-state index contributed by atoms with van der Waals surface area (Å²) in [7, 11) is 0. The molecule has 0 spiro atoms. The fourth-order valence-electron chi connectivity index (χ4n) is 1.36. The predicted molar refractivity (Wildman–Crippen MR) is 58.1 cm³/mol. The van der Waals surface area contributed by atoms with Crippen LogP contribution in [0.2, 0.25) is 0 Å². The van der Waals surface area contributed by atoms with E-state index in [2.05, 4.69) is 21.8 Å². The zero-order chi connectivity index (χ0) is 11.5. The molecule has 78 valence electrons. The Morgan fingerprint density at radius 1 is 1.19 bits per heavy atom. The monoisotopic (exact) mass is 214 g/mol. The molecule has 5 nitrogen and oxygen atoms in total. The molecule has 0 amide bonds. The fourth-order valence-corrected chi connectivity index (χ4v) is 1.36. The molecule has 1 aromatic carbocycles. The quantitative estimate of drug-likeness (QED) is 0.469. The molecule has 0 aliphatic rings. The molecule has 2 rings (SSSR count). The molecule has 2 N–H and O–H groups in total. The zero-order valence-electron chi connectivity index (χ0n) is 8.03. The summed E-state index contributed by atoms with van der Waals surface area (Å²) in [5.74, 6) is 4.81. The maximum absolute atomic E-state index is 11.4. The van der Waals surface area contributed by atoms with Crippen LogP contribution in [0.4, 0.5) is 0 Å². The number of hydrogen-bond donors (Lipinski definition) is 2. The van der Waals surface area contributed by atoms with E-state index in [1.165, 1.54) is 6.07 Å². The maximum atomic E-state index is 11.4. The topological polar surface area (TPSA) is 82.8 Å². The third-order valence-electron chi connectivity index (χ3n) is 2.01. The summed E-state index contributed by atoms with van der Waals surface area (Å²) in [5.41, 5.74) is -0.0553. The van der Waals surface area contributed by atoms with E-state index >= 15 is 0 Å². The second kappa shape index (κ2) is 3.87. The van der Waals surface area contributed by atoms with Crippen LogP contribution in [0.15, 0.2) is 27.8 Å². The molecule has 0 aliphatic heterocycles. The van der Waals surface area contributed by atoms with Gasteiger partial charge in [-0.3, -0.25) is 14.6 Å². The smallest absolute Gasteiger partial charge is 0.307 e. The molecule has 0 bridgehead atoms. The van der Waals surface area contributed by atoms with Gasteiger partial charge in [0.2, 0.25) is 0 Å². The average Bonchev–Trinajstić information content (AvgIpc) is 2.26. The third kappa shape index (κ3) is 1.77. The number of carbonyl (C=O) groups is 1. The Hall–Kier alpha value is -2.61. The minimum absolute atomic E-state index is 0.331. The number of aldehydes is 1.